The topological polar surface area (TPSA) is 77.1 Å². The number of anilines is 1. The monoisotopic (exact) mass is 674 g/mol. The molecule has 5 rings (SSSR count). The molecule has 2 heterocycles. The fourth-order valence-corrected chi connectivity index (χ4v) is 5.82. The Morgan fingerprint density at radius 3 is 2.26 bits per heavy atom. The van der Waals surface area contributed by atoms with Crippen LogP contribution in [0.25, 0.3) is 0 Å². The van der Waals surface area contributed by atoms with Crippen LogP contribution in [0.1, 0.15) is 69.6 Å². The van der Waals surface area contributed by atoms with Gasteiger partial charge in [-0.15, -0.1) is 0 Å². The molecule has 0 unspecified atom stereocenters. The molecule has 3 aromatic carbocycles. The van der Waals surface area contributed by atoms with Crippen molar-refractivity contribution in [2.75, 3.05) is 38.2 Å². The van der Waals surface area contributed by atoms with Gasteiger partial charge in [-0.05, 0) is 74.7 Å². The second-order valence-electron chi connectivity index (χ2n) is 12.7. The number of hydrogen-bond acceptors (Lipinski definition) is 5. The molecule has 47 heavy (non-hydrogen) atoms. The van der Waals surface area contributed by atoms with Crippen molar-refractivity contribution in [3.63, 3.8) is 0 Å². The summed E-state index contributed by atoms with van der Waals surface area (Å²) in [5, 5.41) is 3.23. The highest BCUT2D eigenvalue weighted by atomic mass is 35.5. The lowest BCUT2D eigenvalue weighted by Crippen LogP contribution is -2.56. The summed E-state index contributed by atoms with van der Waals surface area (Å²) in [6.07, 6.45) is 1.80. The molecular formula is C36H42ClF3N2O5. The zero-order valence-electron chi connectivity index (χ0n) is 27.2. The third-order valence-electron chi connectivity index (χ3n) is 8.00. The highest BCUT2D eigenvalue weighted by Gasteiger charge is 2.40. The van der Waals surface area contributed by atoms with Crippen molar-refractivity contribution in [3.05, 3.63) is 99.8 Å². The van der Waals surface area contributed by atoms with Crippen LogP contribution in [0, 0.1) is 17.5 Å². The molecule has 0 radical (unpaired) electrons. The van der Waals surface area contributed by atoms with Crippen LogP contribution in [0.15, 0.2) is 60.7 Å². The van der Waals surface area contributed by atoms with Gasteiger partial charge in [0.05, 0.1) is 18.8 Å². The summed E-state index contributed by atoms with van der Waals surface area (Å²) in [4.78, 5) is 26.6. The first kappa shape index (κ1) is 36.2. The average Bonchev–Trinajstić information content (AvgIpc) is 3.00. The minimum Gasteiger partial charge on any atom is -0.444 e. The van der Waals surface area contributed by atoms with Crippen molar-refractivity contribution in [2.45, 2.75) is 70.5 Å². The highest BCUT2D eigenvalue weighted by molar-refractivity contribution is 6.30. The molecular weight excluding hydrogens is 633 g/mol. The van der Waals surface area contributed by atoms with Crippen LogP contribution >= 0.6 is 11.6 Å². The molecule has 0 bridgehead atoms. The quantitative estimate of drug-likeness (QED) is 0.285. The molecule has 2 saturated heterocycles. The molecule has 1 atom stereocenters. The first-order chi connectivity index (χ1) is 22.3. The average molecular weight is 675 g/mol. The minimum absolute atomic E-state index is 0.0792. The SMILES string of the molecule is CC(C)(C)OC(=O)N1CCOC2(CCOCC2)C1.CCc1c(F)cccc1NC(=O)C[C@@H](c1ccc(Cl)cc1)c1cc(F)cc(F)c1. The number of morpholine rings is 1. The van der Waals surface area contributed by atoms with E-state index < -0.39 is 34.9 Å². The standard InChI is InChI=1S/C23H19ClF3NO.C13H23NO4/c1-2-19-21(27)4-3-5-22(19)28-23(29)13-20(14-6-8-16(24)9-7-14)15-10-17(25)12-18(26)11-15;1-12(2,3)18-11(15)14-6-9-17-13(10-14)4-7-16-8-5-13/h3-12,20H,2,13H2,1H3,(H,28,29);4-10H2,1-3H3/t20-;/m0./s1. The summed E-state index contributed by atoms with van der Waals surface area (Å²) in [5.74, 6) is -2.84. The maximum absolute atomic E-state index is 14.0. The van der Waals surface area contributed by atoms with Crippen LogP contribution < -0.4 is 5.32 Å². The maximum Gasteiger partial charge on any atom is 0.410 e. The first-order valence-electron chi connectivity index (χ1n) is 15.8. The molecule has 0 aliphatic carbocycles. The number of ether oxygens (including phenoxy) is 3. The summed E-state index contributed by atoms with van der Waals surface area (Å²) < 4.78 is 58.2. The number of benzene rings is 3. The van der Waals surface area contributed by atoms with Crippen molar-refractivity contribution in [2.24, 2.45) is 0 Å². The van der Waals surface area contributed by atoms with E-state index in [0.717, 1.165) is 18.9 Å². The van der Waals surface area contributed by atoms with Gasteiger partial charge in [-0.3, -0.25) is 4.79 Å². The van der Waals surface area contributed by atoms with Gasteiger partial charge in [-0.1, -0.05) is 36.7 Å². The lowest BCUT2D eigenvalue weighted by atomic mass is 9.88. The predicted molar refractivity (Wildman–Crippen MR) is 175 cm³/mol. The highest BCUT2D eigenvalue weighted by Crippen LogP contribution is 2.32. The van der Waals surface area contributed by atoms with Crippen molar-refractivity contribution in [1.82, 2.24) is 4.90 Å². The fraction of sp³-hybridized carbons (Fsp3) is 0.444. The van der Waals surface area contributed by atoms with Gasteiger partial charge >= 0.3 is 6.09 Å². The number of hydrogen-bond donors (Lipinski definition) is 1. The summed E-state index contributed by atoms with van der Waals surface area (Å²) in [6, 6.07) is 14.4. The molecule has 0 aromatic heterocycles. The Bertz CT molecular complexity index is 1500. The van der Waals surface area contributed by atoms with Crippen LogP contribution in [0.2, 0.25) is 5.02 Å². The Hall–Kier alpha value is -3.60. The van der Waals surface area contributed by atoms with Crippen LogP contribution in [0.5, 0.6) is 0 Å². The lowest BCUT2D eigenvalue weighted by Gasteiger charge is -2.44. The lowest BCUT2D eigenvalue weighted by molar-refractivity contribution is -0.150. The van der Waals surface area contributed by atoms with Gasteiger partial charge in [0.15, 0.2) is 0 Å². The van der Waals surface area contributed by atoms with E-state index in [9.17, 15) is 22.8 Å². The van der Waals surface area contributed by atoms with Gasteiger partial charge in [0.25, 0.3) is 0 Å². The summed E-state index contributed by atoms with van der Waals surface area (Å²) in [6.45, 7) is 10.7. The summed E-state index contributed by atoms with van der Waals surface area (Å²) in [7, 11) is 0. The smallest absolute Gasteiger partial charge is 0.410 e. The molecule has 3 aromatic rings. The zero-order valence-corrected chi connectivity index (χ0v) is 28.0. The summed E-state index contributed by atoms with van der Waals surface area (Å²) in [5.41, 5.74) is 1.14. The van der Waals surface area contributed by atoms with Crippen LogP contribution in [0.4, 0.5) is 23.7 Å². The van der Waals surface area contributed by atoms with Gasteiger partial charge < -0.3 is 24.4 Å². The van der Waals surface area contributed by atoms with Gasteiger partial charge in [0.2, 0.25) is 5.91 Å². The van der Waals surface area contributed by atoms with E-state index >= 15 is 0 Å². The summed E-state index contributed by atoms with van der Waals surface area (Å²) >= 11 is 5.94. The molecule has 254 valence electrons. The molecule has 2 aliphatic rings. The third kappa shape index (κ3) is 10.4. The van der Waals surface area contributed by atoms with Crippen molar-refractivity contribution in [3.8, 4) is 0 Å². The Morgan fingerprint density at radius 1 is 0.979 bits per heavy atom. The van der Waals surface area contributed by atoms with Gasteiger partial charge in [0.1, 0.15) is 23.1 Å². The number of nitrogens with one attached hydrogen (secondary N) is 1. The van der Waals surface area contributed by atoms with Crippen LogP contribution in [-0.2, 0) is 25.4 Å². The molecule has 2 amide bonds. The van der Waals surface area contributed by atoms with Gasteiger partial charge in [0, 0.05) is 67.3 Å². The number of rotatable bonds is 6. The second-order valence-corrected chi connectivity index (χ2v) is 13.2. The van der Waals surface area contributed by atoms with Crippen LogP contribution in [-0.4, -0.2) is 61.0 Å². The zero-order chi connectivity index (χ0) is 34.2. The minimum atomic E-state index is -0.724. The van der Waals surface area contributed by atoms with Crippen LogP contribution in [0.3, 0.4) is 0 Å². The van der Waals surface area contributed by atoms with E-state index in [1.807, 2.05) is 20.8 Å². The van der Waals surface area contributed by atoms with Gasteiger partial charge in [-0.2, -0.15) is 0 Å². The molecule has 1 spiro atoms. The molecule has 2 fully saturated rings. The number of amides is 2. The third-order valence-corrected chi connectivity index (χ3v) is 8.25. The molecule has 1 N–H and O–H groups in total. The Labute approximate surface area is 279 Å². The van der Waals surface area contributed by atoms with E-state index in [1.54, 1.807) is 42.2 Å². The number of carbonyl (C=O) groups excluding carboxylic acids is 2. The fourth-order valence-electron chi connectivity index (χ4n) is 5.69. The van der Waals surface area contributed by atoms with E-state index in [4.69, 9.17) is 25.8 Å². The first-order valence-corrected chi connectivity index (χ1v) is 16.1. The second kappa shape index (κ2) is 16.0. The largest absolute Gasteiger partial charge is 0.444 e. The predicted octanol–water partition coefficient (Wildman–Crippen LogP) is 8.28. The molecule has 7 nitrogen and oxygen atoms in total. The van der Waals surface area contributed by atoms with E-state index in [-0.39, 0.29) is 18.1 Å². The normalized spacial score (nSPS) is 16.6. The van der Waals surface area contributed by atoms with Crippen molar-refractivity contribution >= 4 is 29.3 Å². The number of nitrogens with zero attached hydrogens (tertiary/aromatic N) is 1. The van der Waals surface area contributed by atoms with E-state index in [1.165, 1.54) is 24.3 Å². The Morgan fingerprint density at radius 2 is 1.64 bits per heavy atom. The van der Waals surface area contributed by atoms with E-state index in [2.05, 4.69) is 5.32 Å². The Balaban J connectivity index is 0.000000238. The Kier molecular flexibility index (Phi) is 12.3. The van der Waals surface area contributed by atoms with E-state index in [0.29, 0.717) is 66.7 Å². The van der Waals surface area contributed by atoms with Crippen molar-refractivity contribution in [1.29, 1.82) is 0 Å². The molecule has 11 heteroatoms. The van der Waals surface area contributed by atoms with Crippen molar-refractivity contribution < 1.29 is 37.0 Å². The number of halogens is 4. The maximum atomic E-state index is 14.0. The molecule has 0 saturated carbocycles. The number of carbonyl (C=O) groups is 2. The van der Waals surface area contributed by atoms with Gasteiger partial charge in [-0.25, -0.2) is 18.0 Å². The molecule has 2 aliphatic heterocycles.